The minimum absolute atomic E-state index is 0.0478. The third-order valence-electron chi connectivity index (χ3n) is 3.61. The van der Waals surface area contributed by atoms with Crippen LogP contribution < -0.4 is 5.69 Å². The van der Waals surface area contributed by atoms with Gasteiger partial charge in [-0.25, -0.2) is 9.89 Å². The number of aryl methyl sites for hydroxylation is 2. The molecular weight excluding hydrogens is 298 g/mol. The van der Waals surface area contributed by atoms with Gasteiger partial charge in [0.25, 0.3) is 0 Å². The number of nitrogens with zero attached hydrogens (tertiary/aromatic N) is 2. The molecule has 2 aromatic rings. The van der Waals surface area contributed by atoms with Crippen molar-refractivity contribution in [2.45, 2.75) is 51.1 Å². The lowest BCUT2D eigenvalue weighted by Crippen LogP contribution is -2.19. The Morgan fingerprint density at radius 3 is 2.73 bits per heavy atom. The number of hydrogen-bond donors (Lipinski definition) is 1. The van der Waals surface area contributed by atoms with Crippen LogP contribution in [-0.4, -0.2) is 25.8 Å². The second kappa shape index (κ2) is 6.96. The van der Waals surface area contributed by atoms with E-state index in [0.29, 0.717) is 17.3 Å². The van der Waals surface area contributed by atoms with E-state index < -0.39 is 0 Å². The summed E-state index contributed by atoms with van der Waals surface area (Å²) in [5, 5.41) is 6.73. The highest BCUT2D eigenvalue weighted by Crippen LogP contribution is 2.24. The number of nitrogens with one attached hydrogen (secondary N) is 1. The molecule has 6 heteroatoms. The standard InChI is InChI=1S/C16H21N3O2S/c1-5-8-19-15(21)17-18-16(19)22-12(4)14(20)13-7-6-10(2)11(3)9-13/h6-7,9,12H,5,8H2,1-4H3,(H,17,21)/t12-/m1/s1. The highest BCUT2D eigenvalue weighted by Gasteiger charge is 2.20. The molecule has 1 heterocycles. The molecule has 118 valence electrons. The molecule has 5 nitrogen and oxygen atoms in total. The summed E-state index contributed by atoms with van der Waals surface area (Å²) >= 11 is 1.32. The molecule has 1 aromatic heterocycles. The Morgan fingerprint density at radius 1 is 1.36 bits per heavy atom. The predicted molar refractivity (Wildman–Crippen MR) is 88.7 cm³/mol. The van der Waals surface area contributed by atoms with Crippen LogP contribution in [0.5, 0.6) is 0 Å². The van der Waals surface area contributed by atoms with Crippen molar-refractivity contribution in [1.82, 2.24) is 14.8 Å². The Morgan fingerprint density at radius 2 is 2.09 bits per heavy atom. The molecule has 0 fully saturated rings. The number of carbonyl (C=O) groups excluding carboxylic acids is 1. The lowest BCUT2D eigenvalue weighted by molar-refractivity contribution is 0.0993. The number of rotatable bonds is 6. The maximum absolute atomic E-state index is 12.5. The number of ketones is 1. The van der Waals surface area contributed by atoms with E-state index in [-0.39, 0.29) is 16.7 Å². The third-order valence-corrected chi connectivity index (χ3v) is 4.70. The summed E-state index contributed by atoms with van der Waals surface area (Å²) in [6, 6.07) is 5.73. The van der Waals surface area contributed by atoms with Gasteiger partial charge in [0, 0.05) is 12.1 Å². The van der Waals surface area contributed by atoms with Crippen LogP contribution >= 0.6 is 11.8 Å². The highest BCUT2D eigenvalue weighted by atomic mass is 32.2. The molecule has 1 N–H and O–H groups in total. The lowest BCUT2D eigenvalue weighted by atomic mass is 10.0. The van der Waals surface area contributed by atoms with Crippen molar-refractivity contribution < 1.29 is 4.79 Å². The smallest absolute Gasteiger partial charge is 0.293 e. The SMILES string of the molecule is CCCn1c(S[C@H](C)C(=O)c2ccc(C)c(C)c2)n[nH]c1=O. The van der Waals surface area contributed by atoms with Gasteiger partial charge in [-0.3, -0.25) is 9.36 Å². The van der Waals surface area contributed by atoms with E-state index in [1.54, 1.807) is 4.57 Å². The molecule has 1 aromatic carbocycles. The van der Waals surface area contributed by atoms with Crippen molar-refractivity contribution in [3.8, 4) is 0 Å². The van der Waals surface area contributed by atoms with Crippen molar-refractivity contribution in [3.05, 3.63) is 45.4 Å². The lowest BCUT2D eigenvalue weighted by Gasteiger charge is -2.11. The molecular formula is C16H21N3O2S. The second-order valence-electron chi connectivity index (χ2n) is 5.39. The summed E-state index contributed by atoms with van der Waals surface area (Å²) in [4.78, 5) is 24.2. The largest absolute Gasteiger partial charge is 0.343 e. The van der Waals surface area contributed by atoms with Crippen molar-refractivity contribution in [3.63, 3.8) is 0 Å². The average Bonchev–Trinajstić information content (AvgIpc) is 2.82. The van der Waals surface area contributed by atoms with E-state index in [1.807, 2.05) is 45.9 Å². The van der Waals surface area contributed by atoms with Crippen LogP contribution in [0.3, 0.4) is 0 Å². The zero-order chi connectivity index (χ0) is 16.3. The summed E-state index contributed by atoms with van der Waals surface area (Å²) in [6.45, 7) is 8.46. The van der Waals surface area contributed by atoms with Crippen molar-refractivity contribution >= 4 is 17.5 Å². The van der Waals surface area contributed by atoms with Gasteiger partial charge in [-0.15, -0.1) is 5.10 Å². The van der Waals surface area contributed by atoms with Gasteiger partial charge < -0.3 is 0 Å². The van der Waals surface area contributed by atoms with Crippen molar-refractivity contribution in [2.24, 2.45) is 0 Å². The van der Waals surface area contributed by atoms with E-state index in [1.165, 1.54) is 17.3 Å². The van der Waals surface area contributed by atoms with Gasteiger partial charge in [0.1, 0.15) is 0 Å². The van der Waals surface area contributed by atoms with E-state index in [0.717, 1.165) is 12.0 Å². The maximum Gasteiger partial charge on any atom is 0.343 e. The van der Waals surface area contributed by atoms with Gasteiger partial charge >= 0.3 is 5.69 Å². The topological polar surface area (TPSA) is 67.8 Å². The van der Waals surface area contributed by atoms with Crippen molar-refractivity contribution in [1.29, 1.82) is 0 Å². The predicted octanol–water partition coefficient (Wildman–Crippen LogP) is 2.96. The van der Waals surface area contributed by atoms with Crippen LogP contribution in [0.2, 0.25) is 0 Å². The molecule has 0 spiro atoms. The van der Waals surface area contributed by atoms with Gasteiger partial charge in [0.2, 0.25) is 0 Å². The van der Waals surface area contributed by atoms with E-state index in [4.69, 9.17) is 0 Å². The molecule has 0 radical (unpaired) electrons. The third kappa shape index (κ3) is 3.50. The van der Waals surface area contributed by atoms with Crippen LogP contribution in [-0.2, 0) is 6.54 Å². The number of Topliss-reactive ketones (excluding diaryl/α,β-unsaturated/α-hetero) is 1. The molecule has 0 aliphatic heterocycles. The van der Waals surface area contributed by atoms with Crippen LogP contribution in [0.15, 0.2) is 28.2 Å². The highest BCUT2D eigenvalue weighted by molar-refractivity contribution is 8.00. The Bertz CT molecular complexity index is 733. The minimum atomic E-state index is -0.298. The van der Waals surface area contributed by atoms with Crippen molar-refractivity contribution in [2.75, 3.05) is 0 Å². The first-order valence-electron chi connectivity index (χ1n) is 7.37. The molecule has 0 saturated heterocycles. The summed E-state index contributed by atoms with van der Waals surface area (Å²) in [5.74, 6) is 0.0478. The van der Waals surface area contributed by atoms with Gasteiger partial charge in [-0.1, -0.05) is 30.8 Å². The summed E-state index contributed by atoms with van der Waals surface area (Å²) in [7, 11) is 0. The number of aromatic nitrogens is 3. The van der Waals surface area contributed by atoms with Crippen LogP contribution in [0.1, 0.15) is 41.8 Å². The fourth-order valence-electron chi connectivity index (χ4n) is 2.16. The second-order valence-corrected chi connectivity index (χ2v) is 6.69. The van der Waals surface area contributed by atoms with Gasteiger partial charge in [0.15, 0.2) is 10.9 Å². The van der Waals surface area contributed by atoms with Crippen LogP contribution in [0.4, 0.5) is 0 Å². The van der Waals surface area contributed by atoms with Gasteiger partial charge in [0.05, 0.1) is 5.25 Å². The Hall–Kier alpha value is -1.82. The molecule has 0 aliphatic carbocycles. The van der Waals surface area contributed by atoms with Gasteiger partial charge in [-0.2, -0.15) is 0 Å². The number of hydrogen-bond acceptors (Lipinski definition) is 4. The Labute approximate surface area is 134 Å². The molecule has 22 heavy (non-hydrogen) atoms. The number of carbonyl (C=O) groups is 1. The molecule has 0 unspecified atom stereocenters. The molecule has 2 rings (SSSR count). The zero-order valence-electron chi connectivity index (χ0n) is 13.3. The molecule has 0 aliphatic rings. The maximum atomic E-state index is 12.5. The first-order valence-corrected chi connectivity index (χ1v) is 8.25. The summed E-state index contributed by atoms with van der Waals surface area (Å²) in [6.07, 6.45) is 0.840. The number of thioether (sulfide) groups is 1. The molecule has 1 atom stereocenters. The van der Waals surface area contributed by atoms with E-state index >= 15 is 0 Å². The monoisotopic (exact) mass is 319 g/mol. The summed E-state index contributed by atoms with van der Waals surface area (Å²) < 4.78 is 1.58. The van der Waals surface area contributed by atoms with Crippen LogP contribution in [0, 0.1) is 13.8 Å². The number of H-pyrrole nitrogens is 1. The first kappa shape index (κ1) is 16.5. The molecule has 0 saturated carbocycles. The Kier molecular flexibility index (Phi) is 5.24. The van der Waals surface area contributed by atoms with E-state index in [2.05, 4.69) is 10.2 Å². The molecule has 0 bridgehead atoms. The van der Waals surface area contributed by atoms with Crippen LogP contribution in [0.25, 0.3) is 0 Å². The fourth-order valence-corrected chi connectivity index (χ4v) is 3.11. The average molecular weight is 319 g/mol. The summed E-state index contributed by atoms with van der Waals surface area (Å²) in [5.41, 5.74) is 2.74. The molecule has 0 amide bonds. The van der Waals surface area contributed by atoms with Gasteiger partial charge in [-0.05, 0) is 44.4 Å². The number of aromatic amines is 1. The number of benzene rings is 1. The Balaban J connectivity index is 2.18. The zero-order valence-corrected chi connectivity index (χ0v) is 14.2. The normalized spacial score (nSPS) is 12.4. The van der Waals surface area contributed by atoms with E-state index in [9.17, 15) is 9.59 Å². The quantitative estimate of drug-likeness (QED) is 0.656. The first-order chi connectivity index (χ1) is 10.4. The minimum Gasteiger partial charge on any atom is -0.293 e. The fraction of sp³-hybridized carbons (Fsp3) is 0.438.